The first-order chi connectivity index (χ1) is 10.2. The van der Waals surface area contributed by atoms with E-state index in [-0.39, 0.29) is 22.7 Å². The van der Waals surface area contributed by atoms with E-state index in [4.69, 9.17) is 5.73 Å². The summed E-state index contributed by atoms with van der Waals surface area (Å²) in [6.45, 7) is 0. The summed E-state index contributed by atoms with van der Waals surface area (Å²) < 4.78 is 0. The number of aromatic nitrogens is 1. The first-order valence-corrected chi connectivity index (χ1v) is 7.21. The number of nitrogens with zero attached hydrogens (tertiary/aromatic N) is 2. The minimum absolute atomic E-state index is 0.0802. The van der Waals surface area contributed by atoms with Gasteiger partial charge in [-0.25, -0.2) is 0 Å². The van der Waals surface area contributed by atoms with Gasteiger partial charge in [0.2, 0.25) is 0 Å². The molecule has 3 N–H and O–H groups in total. The van der Waals surface area contributed by atoms with Crippen LogP contribution in [0.25, 0.3) is 10.9 Å². The highest BCUT2D eigenvalue weighted by Gasteiger charge is 2.23. The minimum atomic E-state index is -0.375. The molecular formula is C15H18N4O2. The Kier molecular flexibility index (Phi) is 3.70. The van der Waals surface area contributed by atoms with Gasteiger partial charge in [0.1, 0.15) is 5.52 Å². The lowest BCUT2D eigenvalue weighted by Gasteiger charge is -2.30. The van der Waals surface area contributed by atoms with Gasteiger partial charge in [0, 0.05) is 24.3 Å². The van der Waals surface area contributed by atoms with Gasteiger partial charge in [-0.15, -0.1) is 0 Å². The maximum Gasteiger partial charge on any atom is 0.278 e. The Labute approximate surface area is 122 Å². The standard InChI is InChI=1S/C15H18N4O2/c16-11-5-1-2-6-12(11)18-13-7-8-14(19(20)21)10-4-3-9-17-15(10)13/h3-4,7-9,11-12,18H,1-2,5-6,16H2/t11-,12-/m1/s1. The zero-order valence-electron chi connectivity index (χ0n) is 11.7. The van der Waals surface area contributed by atoms with E-state index in [2.05, 4.69) is 10.3 Å². The van der Waals surface area contributed by atoms with Crippen molar-refractivity contribution in [3.8, 4) is 0 Å². The molecular weight excluding hydrogens is 268 g/mol. The van der Waals surface area contributed by atoms with E-state index < -0.39 is 0 Å². The lowest BCUT2D eigenvalue weighted by molar-refractivity contribution is -0.383. The Bertz CT molecular complexity index is 674. The third kappa shape index (κ3) is 2.67. The first kappa shape index (κ1) is 13.8. The average molecular weight is 286 g/mol. The van der Waals surface area contributed by atoms with Gasteiger partial charge >= 0.3 is 0 Å². The predicted molar refractivity (Wildman–Crippen MR) is 82.3 cm³/mol. The van der Waals surface area contributed by atoms with Gasteiger partial charge in [-0.3, -0.25) is 15.1 Å². The number of hydrogen-bond donors (Lipinski definition) is 2. The van der Waals surface area contributed by atoms with Gasteiger partial charge in [0.05, 0.1) is 16.0 Å². The zero-order chi connectivity index (χ0) is 14.8. The molecule has 1 fully saturated rings. The van der Waals surface area contributed by atoms with E-state index in [1.165, 1.54) is 12.5 Å². The number of benzene rings is 1. The topological polar surface area (TPSA) is 94.1 Å². The van der Waals surface area contributed by atoms with E-state index in [1.54, 1.807) is 24.4 Å². The van der Waals surface area contributed by atoms with Gasteiger partial charge in [0.15, 0.2) is 0 Å². The molecule has 1 aliphatic carbocycles. The fourth-order valence-electron chi connectivity index (χ4n) is 2.97. The Morgan fingerprint density at radius 2 is 2.10 bits per heavy atom. The third-order valence-electron chi connectivity index (χ3n) is 4.10. The second-order valence-corrected chi connectivity index (χ2v) is 5.49. The molecule has 1 saturated carbocycles. The summed E-state index contributed by atoms with van der Waals surface area (Å²) >= 11 is 0. The molecule has 0 aliphatic heterocycles. The number of nitrogens with two attached hydrogens (primary N) is 1. The monoisotopic (exact) mass is 286 g/mol. The number of fused-ring (bicyclic) bond motifs is 1. The SMILES string of the molecule is N[C@@H]1CCCC[C@H]1Nc1ccc([N+](=O)[O-])c2cccnc12. The Hall–Kier alpha value is -2.21. The molecule has 1 aromatic heterocycles. The number of anilines is 1. The van der Waals surface area contributed by atoms with E-state index in [0.717, 1.165) is 24.9 Å². The van der Waals surface area contributed by atoms with Gasteiger partial charge in [-0.05, 0) is 31.0 Å². The first-order valence-electron chi connectivity index (χ1n) is 7.21. The molecule has 6 heteroatoms. The highest BCUT2D eigenvalue weighted by Crippen LogP contribution is 2.31. The molecule has 6 nitrogen and oxygen atoms in total. The summed E-state index contributed by atoms with van der Waals surface area (Å²) in [4.78, 5) is 15.0. The molecule has 0 bridgehead atoms. The molecule has 0 radical (unpaired) electrons. The van der Waals surface area contributed by atoms with Gasteiger partial charge in [0.25, 0.3) is 5.69 Å². The molecule has 2 aromatic rings. The molecule has 0 unspecified atom stereocenters. The maximum absolute atomic E-state index is 11.1. The van der Waals surface area contributed by atoms with E-state index in [9.17, 15) is 10.1 Å². The van der Waals surface area contributed by atoms with Crippen LogP contribution >= 0.6 is 0 Å². The van der Waals surface area contributed by atoms with Crippen molar-refractivity contribution >= 4 is 22.3 Å². The van der Waals surface area contributed by atoms with Crippen molar-refractivity contribution in [1.82, 2.24) is 4.98 Å². The number of nitrogens with one attached hydrogen (secondary N) is 1. The van der Waals surface area contributed by atoms with Crippen LogP contribution < -0.4 is 11.1 Å². The number of non-ortho nitro benzene ring substituents is 1. The molecule has 110 valence electrons. The van der Waals surface area contributed by atoms with Crippen molar-refractivity contribution in [2.45, 2.75) is 37.8 Å². The third-order valence-corrected chi connectivity index (χ3v) is 4.10. The lowest BCUT2D eigenvalue weighted by Crippen LogP contribution is -2.42. The minimum Gasteiger partial charge on any atom is -0.379 e. The summed E-state index contributed by atoms with van der Waals surface area (Å²) in [6, 6.07) is 7.02. The fraction of sp³-hybridized carbons (Fsp3) is 0.400. The lowest BCUT2D eigenvalue weighted by atomic mass is 9.91. The molecule has 1 aromatic carbocycles. The summed E-state index contributed by atoms with van der Waals surface area (Å²) in [5.74, 6) is 0. The smallest absolute Gasteiger partial charge is 0.278 e. The molecule has 1 aliphatic rings. The van der Waals surface area contributed by atoms with Crippen molar-refractivity contribution in [2.24, 2.45) is 5.73 Å². The second-order valence-electron chi connectivity index (χ2n) is 5.49. The summed E-state index contributed by atoms with van der Waals surface area (Å²) in [6.07, 6.45) is 6.00. The van der Waals surface area contributed by atoms with Crippen LogP contribution in [0.15, 0.2) is 30.5 Å². The molecule has 1 heterocycles. The quantitative estimate of drug-likeness (QED) is 0.668. The highest BCUT2D eigenvalue weighted by molar-refractivity contribution is 5.96. The highest BCUT2D eigenvalue weighted by atomic mass is 16.6. The van der Waals surface area contributed by atoms with Crippen molar-refractivity contribution in [3.63, 3.8) is 0 Å². The van der Waals surface area contributed by atoms with E-state index in [0.29, 0.717) is 10.9 Å². The van der Waals surface area contributed by atoms with Crippen LogP contribution in [0.1, 0.15) is 25.7 Å². The second kappa shape index (κ2) is 5.65. The Balaban J connectivity index is 1.99. The summed E-state index contributed by atoms with van der Waals surface area (Å²) in [7, 11) is 0. The molecule has 2 atom stereocenters. The van der Waals surface area contributed by atoms with Crippen molar-refractivity contribution in [3.05, 3.63) is 40.6 Å². The molecule has 3 rings (SSSR count). The Morgan fingerprint density at radius 3 is 2.86 bits per heavy atom. The fourth-order valence-corrected chi connectivity index (χ4v) is 2.97. The van der Waals surface area contributed by atoms with E-state index in [1.807, 2.05) is 0 Å². The van der Waals surface area contributed by atoms with Crippen LogP contribution in [0.4, 0.5) is 11.4 Å². The normalized spacial score (nSPS) is 22.1. The van der Waals surface area contributed by atoms with Crippen molar-refractivity contribution in [1.29, 1.82) is 0 Å². The predicted octanol–water partition coefficient (Wildman–Crippen LogP) is 2.82. The number of rotatable bonds is 3. The Morgan fingerprint density at radius 1 is 1.29 bits per heavy atom. The van der Waals surface area contributed by atoms with Crippen molar-refractivity contribution < 1.29 is 4.92 Å². The van der Waals surface area contributed by atoms with Crippen LogP contribution in [0.5, 0.6) is 0 Å². The van der Waals surface area contributed by atoms with Gasteiger partial charge in [-0.2, -0.15) is 0 Å². The molecule has 0 amide bonds. The van der Waals surface area contributed by atoms with Gasteiger partial charge < -0.3 is 11.1 Å². The number of pyridine rings is 1. The number of nitro groups is 1. The summed E-state index contributed by atoms with van der Waals surface area (Å²) in [5, 5.41) is 15.1. The van der Waals surface area contributed by atoms with Crippen LogP contribution in [0.3, 0.4) is 0 Å². The molecule has 21 heavy (non-hydrogen) atoms. The average Bonchev–Trinajstić information content (AvgIpc) is 2.49. The van der Waals surface area contributed by atoms with Gasteiger partial charge in [-0.1, -0.05) is 12.8 Å². The van der Waals surface area contributed by atoms with Crippen LogP contribution in [0.2, 0.25) is 0 Å². The maximum atomic E-state index is 11.1. The molecule has 0 spiro atoms. The number of nitro benzene ring substituents is 1. The zero-order valence-corrected chi connectivity index (χ0v) is 11.7. The number of hydrogen-bond acceptors (Lipinski definition) is 5. The van der Waals surface area contributed by atoms with Crippen LogP contribution in [0, 0.1) is 10.1 Å². The largest absolute Gasteiger partial charge is 0.379 e. The van der Waals surface area contributed by atoms with Crippen LogP contribution in [-0.2, 0) is 0 Å². The van der Waals surface area contributed by atoms with E-state index >= 15 is 0 Å². The van der Waals surface area contributed by atoms with Crippen LogP contribution in [-0.4, -0.2) is 22.0 Å². The van der Waals surface area contributed by atoms with Crippen molar-refractivity contribution in [2.75, 3.05) is 5.32 Å². The molecule has 0 saturated heterocycles. The summed E-state index contributed by atoms with van der Waals surface area (Å²) in [5.41, 5.74) is 7.69.